The fourth-order valence-corrected chi connectivity index (χ4v) is 3.01. The van der Waals surface area contributed by atoms with Crippen LogP contribution in [0.1, 0.15) is 59.8 Å². The van der Waals surface area contributed by atoms with E-state index in [0.29, 0.717) is 12.0 Å². The minimum atomic E-state index is -0.211. The Morgan fingerprint density at radius 1 is 1.25 bits per heavy atom. The van der Waals surface area contributed by atoms with Crippen LogP contribution in [0.2, 0.25) is 0 Å². The van der Waals surface area contributed by atoms with Gasteiger partial charge in [-0.3, -0.25) is 14.7 Å². The van der Waals surface area contributed by atoms with Crippen molar-refractivity contribution in [2.75, 3.05) is 33.2 Å². The molecule has 6 nitrogen and oxygen atoms in total. The van der Waals surface area contributed by atoms with Crippen molar-refractivity contribution in [2.45, 2.75) is 71.4 Å². The van der Waals surface area contributed by atoms with Crippen LogP contribution in [0, 0.1) is 0 Å². The topological polar surface area (TPSA) is 68.8 Å². The lowest BCUT2D eigenvalue weighted by atomic mass is 10.0. The lowest BCUT2D eigenvalue weighted by Crippen LogP contribution is -2.51. The number of nitrogens with zero attached hydrogens (tertiary/aromatic N) is 2. The normalized spacial score (nSPS) is 19.9. The third kappa shape index (κ3) is 8.52. The van der Waals surface area contributed by atoms with Crippen molar-refractivity contribution >= 4 is 11.9 Å². The molecule has 6 heteroatoms. The van der Waals surface area contributed by atoms with Crippen LogP contribution < -0.4 is 16.0 Å². The second-order valence-electron chi connectivity index (χ2n) is 7.64. The van der Waals surface area contributed by atoms with Crippen molar-refractivity contribution in [2.24, 2.45) is 4.99 Å². The van der Waals surface area contributed by atoms with Gasteiger partial charge in [-0.25, -0.2) is 0 Å². The van der Waals surface area contributed by atoms with Crippen molar-refractivity contribution < 1.29 is 4.79 Å². The molecule has 0 saturated carbocycles. The summed E-state index contributed by atoms with van der Waals surface area (Å²) in [6.07, 6.45) is 6.34. The van der Waals surface area contributed by atoms with Gasteiger partial charge in [0.05, 0.1) is 6.54 Å². The first-order chi connectivity index (χ1) is 11.4. The maximum absolute atomic E-state index is 11.9. The van der Waals surface area contributed by atoms with E-state index in [0.717, 1.165) is 6.54 Å². The Labute approximate surface area is 147 Å². The summed E-state index contributed by atoms with van der Waals surface area (Å²) in [6.45, 7) is 11.7. The molecule has 1 atom stereocenters. The first-order valence-corrected chi connectivity index (χ1v) is 9.35. The summed E-state index contributed by atoms with van der Waals surface area (Å²) in [5, 5.41) is 9.42. The number of unbranched alkanes of at least 4 members (excludes halogenated alkanes) is 1. The molecule has 0 spiro atoms. The minimum absolute atomic E-state index is 0.0207. The lowest BCUT2D eigenvalue weighted by molar-refractivity contribution is -0.121. The van der Waals surface area contributed by atoms with Gasteiger partial charge in [-0.1, -0.05) is 19.8 Å². The molecule has 24 heavy (non-hydrogen) atoms. The fraction of sp³-hybridized carbons (Fsp3) is 0.889. The molecule has 0 aromatic heterocycles. The largest absolute Gasteiger partial charge is 0.355 e. The number of likely N-dealkylation sites (tertiary alicyclic amines) is 1. The van der Waals surface area contributed by atoms with Crippen LogP contribution in [-0.4, -0.2) is 61.6 Å². The van der Waals surface area contributed by atoms with Crippen LogP contribution in [0.4, 0.5) is 0 Å². The monoisotopic (exact) mass is 339 g/mol. The molecule has 0 aromatic rings. The van der Waals surface area contributed by atoms with E-state index in [1.807, 2.05) is 20.8 Å². The number of amides is 1. The molecule has 1 amide bonds. The van der Waals surface area contributed by atoms with Crippen molar-refractivity contribution in [3.05, 3.63) is 0 Å². The van der Waals surface area contributed by atoms with Gasteiger partial charge < -0.3 is 16.0 Å². The van der Waals surface area contributed by atoms with Gasteiger partial charge in [-0.05, 0) is 53.1 Å². The third-order valence-corrected chi connectivity index (χ3v) is 4.21. The summed E-state index contributed by atoms with van der Waals surface area (Å²) in [5.74, 6) is 0.674. The number of piperidine rings is 1. The first-order valence-electron chi connectivity index (χ1n) is 9.35. The number of rotatable bonds is 7. The number of hydrogen-bond acceptors (Lipinski definition) is 3. The second-order valence-corrected chi connectivity index (χ2v) is 7.64. The molecule has 1 fully saturated rings. The average molecular weight is 340 g/mol. The summed E-state index contributed by atoms with van der Waals surface area (Å²) in [4.78, 5) is 18.7. The van der Waals surface area contributed by atoms with Gasteiger partial charge in [-0.15, -0.1) is 0 Å². The van der Waals surface area contributed by atoms with Gasteiger partial charge in [0.15, 0.2) is 5.96 Å². The molecule has 3 N–H and O–H groups in total. The van der Waals surface area contributed by atoms with E-state index in [2.05, 4.69) is 32.8 Å². The Bertz CT molecular complexity index is 403. The van der Waals surface area contributed by atoms with Crippen LogP contribution in [0.3, 0.4) is 0 Å². The number of nitrogens with one attached hydrogen (secondary N) is 3. The molecule has 1 unspecified atom stereocenters. The van der Waals surface area contributed by atoms with Gasteiger partial charge >= 0.3 is 0 Å². The first kappa shape index (κ1) is 20.7. The van der Waals surface area contributed by atoms with Crippen LogP contribution in [0.15, 0.2) is 4.99 Å². The predicted octanol–water partition coefficient (Wildman–Crippen LogP) is 1.72. The van der Waals surface area contributed by atoms with Crippen LogP contribution in [0.5, 0.6) is 0 Å². The zero-order valence-electron chi connectivity index (χ0n) is 16.2. The number of hydrogen-bond donors (Lipinski definition) is 3. The lowest BCUT2D eigenvalue weighted by Gasteiger charge is -2.36. The van der Waals surface area contributed by atoms with E-state index in [4.69, 9.17) is 0 Å². The Hall–Kier alpha value is -1.30. The summed E-state index contributed by atoms with van der Waals surface area (Å²) in [7, 11) is 1.74. The number of aliphatic imine (C=N–C) groups is 1. The van der Waals surface area contributed by atoms with E-state index in [9.17, 15) is 4.79 Å². The highest BCUT2D eigenvalue weighted by atomic mass is 16.2. The Balaban J connectivity index is 2.38. The standard InChI is InChI=1S/C18H37N5O/c1-6-7-11-23-12-9-8-10-15(23)13-20-17(19-5)21-14-16(24)22-18(2,3)4/h15H,6-14H2,1-5H3,(H,22,24)(H2,19,20,21). The van der Waals surface area contributed by atoms with Crippen molar-refractivity contribution in [3.63, 3.8) is 0 Å². The van der Waals surface area contributed by atoms with E-state index < -0.39 is 0 Å². The maximum atomic E-state index is 11.9. The average Bonchev–Trinajstić information content (AvgIpc) is 2.52. The number of carbonyl (C=O) groups is 1. The summed E-state index contributed by atoms with van der Waals surface area (Å²) in [6, 6.07) is 0.562. The third-order valence-electron chi connectivity index (χ3n) is 4.21. The molecule has 1 aliphatic rings. The van der Waals surface area contributed by atoms with E-state index in [1.165, 1.54) is 45.2 Å². The van der Waals surface area contributed by atoms with Gasteiger partial charge in [0.1, 0.15) is 0 Å². The molecule has 1 aliphatic heterocycles. The van der Waals surface area contributed by atoms with Crippen molar-refractivity contribution in [1.82, 2.24) is 20.9 Å². The SMILES string of the molecule is CCCCN1CCCCC1CNC(=NC)NCC(=O)NC(C)(C)C. The van der Waals surface area contributed by atoms with E-state index in [1.54, 1.807) is 7.05 Å². The zero-order chi connectivity index (χ0) is 18.0. The molecule has 0 bridgehead atoms. The van der Waals surface area contributed by atoms with Crippen LogP contribution in [-0.2, 0) is 4.79 Å². The summed E-state index contributed by atoms with van der Waals surface area (Å²) >= 11 is 0. The second kappa shape index (κ2) is 10.5. The summed E-state index contributed by atoms with van der Waals surface area (Å²) in [5.41, 5.74) is -0.211. The number of guanidine groups is 1. The van der Waals surface area contributed by atoms with Gasteiger partial charge in [0.2, 0.25) is 5.91 Å². The minimum Gasteiger partial charge on any atom is -0.355 e. The Morgan fingerprint density at radius 2 is 2.00 bits per heavy atom. The molecule has 1 saturated heterocycles. The van der Waals surface area contributed by atoms with Gasteiger partial charge in [-0.2, -0.15) is 0 Å². The van der Waals surface area contributed by atoms with Gasteiger partial charge in [0, 0.05) is 25.2 Å². The fourth-order valence-electron chi connectivity index (χ4n) is 3.01. The van der Waals surface area contributed by atoms with Crippen molar-refractivity contribution in [3.8, 4) is 0 Å². The van der Waals surface area contributed by atoms with E-state index in [-0.39, 0.29) is 18.0 Å². The molecule has 1 heterocycles. The summed E-state index contributed by atoms with van der Waals surface area (Å²) < 4.78 is 0. The molecular formula is C18H37N5O. The smallest absolute Gasteiger partial charge is 0.239 e. The molecule has 0 aromatic carbocycles. The maximum Gasteiger partial charge on any atom is 0.239 e. The highest BCUT2D eigenvalue weighted by Gasteiger charge is 2.22. The van der Waals surface area contributed by atoms with Crippen LogP contribution >= 0.6 is 0 Å². The zero-order valence-corrected chi connectivity index (χ0v) is 16.2. The van der Waals surface area contributed by atoms with Gasteiger partial charge in [0.25, 0.3) is 0 Å². The predicted molar refractivity (Wildman–Crippen MR) is 101 cm³/mol. The highest BCUT2D eigenvalue weighted by molar-refractivity contribution is 5.86. The van der Waals surface area contributed by atoms with Crippen LogP contribution in [0.25, 0.3) is 0 Å². The highest BCUT2D eigenvalue weighted by Crippen LogP contribution is 2.16. The molecule has 0 radical (unpaired) electrons. The number of carbonyl (C=O) groups excluding carboxylic acids is 1. The van der Waals surface area contributed by atoms with Crippen molar-refractivity contribution in [1.29, 1.82) is 0 Å². The molecular weight excluding hydrogens is 302 g/mol. The quantitative estimate of drug-likeness (QED) is 0.488. The Morgan fingerprint density at radius 3 is 2.62 bits per heavy atom. The Kier molecular flexibility index (Phi) is 9.11. The molecule has 0 aliphatic carbocycles. The van der Waals surface area contributed by atoms with E-state index >= 15 is 0 Å². The molecule has 1 rings (SSSR count). The molecule has 140 valence electrons.